The third-order valence-electron chi connectivity index (χ3n) is 6.10. The monoisotopic (exact) mass is 662 g/mol. The molecule has 1 aromatic carbocycles. The molecule has 0 saturated carbocycles. The molecule has 4 rings (SSSR count). The summed E-state index contributed by atoms with van der Waals surface area (Å²) < 4.78 is 53.9. The smallest absolute Gasteiger partial charge is 0.410 e. The van der Waals surface area contributed by atoms with Crippen LogP contribution in [0, 0.1) is 6.92 Å². The van der Waals surface area contributed by atoms with Crippen molar-refractivity contribution in [3.8, 4) is 0 Å². The van der Waals surface area contributed by atoms with E-state index in [0.717, 1.165) is 15.8 Å². The van der Waals surface area contributed by atoms with Gasteiger partial charge in [-0.15, -0.1) is 11.3 Å². The van der Waals surface area contributed by atoms with E-state index in [1.165, 1.54) is 6.92 Å². The second-order valence-electron chi connectivity index (χ2n) is 8.65. The second kappa shape index (κ2) is 11.8. The van der Waals surface area contributed by atoms with Crippen LogP contribution in [-0.2, 0) is 9.47 Å². The van der Waals surface area contributed by atoms with E-state index < -0.39 is 48.2 Å². The molecule has 3 heterocycles. The quantitative estimate of drug-likeness (QED) is 0.264. The van der Waals surface area contributed by atoms with Crippen LogP contribution < -0.4 is 10.6 Å². The number of hydrogen-bond acceptors (Lipinski definition) is 8. The normalized spacial score (nSPS) is 16.6. The predicted molar refractivity (Wildman–Crippen MR) is 146 cm³/mol. The Morgan fingerprint density at radius 2 is 1.80 bits per heavy atom. The van der Waals surface area contributed by atoms with Crippen LogP contribution in [-0.4, -0.2) is 47.0 Å². The first-order valence-electron chi connectivity index (χ1n) is 12.0. The van der Waals surface area contributed by atoms with Crippen molar-refractivity contribution in [3.05, 3.63) is 61.0 Å². The molecule has 0 saturated heterocycles. The first-order chi connectivity index (χ1) is 18.9. The molecule has 1 amide bonds. The molecular formula is C25H23BrClF3N4O5S. The number of amides is 1. The average molecular weight is 664 g/mol. The van der Waals surface area contributed by atoms with E-state index in [-0.39, 0.29) is 45.1 Å². The Balaban J connectivity index is 1.72. The van der Waals surface area contributed by atoms with Gasteiger partial charge in [-0.2, -0.15) is 18.3 Å². The highest BCUT2D eigenvalue weighted by Crippen LogP contribution is 2.46. The number of rotatable bonds is 7. The third kappa shape index (κ3) is 5.84. The molecule has 0 radical (unpaired) electrons. The molecule has 0 spiro atoms. The van der Waals surface area contributed by atoms with Gasteiger partial charge in [-0.1, -0.05) is 39.7 Å². The van der Waals surface area contributed by atoms with E-state index in [4.69, 9.17) is 21.1 Å². The number of aromatic nitrogens is 2. The van der Waals surface area contributed by atoms with Gasteiger partial charge in [0.1, 0.15) is 20.7 Å². The van der Waals surface area contributed by atoms with Crippen molar-refractivity contribution in [2.24, 2.45) is 0 Å². The molecule has 15 heteroatoms. The average Bonchev–Trinajstić information content (AvgIpc) is 3.40. The summed E-state index contributed by atoms with van der Waals surface area (Å²) in [5, 5.41) is 8.98. The maximum atomic E-state index is 14.1. The van der Waals surface area contributed by atoms with Gasteiger partial charge in [-0.25, -0.2) is 14.3 Å². The van der Waals surface area contributed by atoms with Gasteiger partial charge in [0.05, 0.1) is 24.8 Å². The number of thiophene rings is 1. The summed E-state index contributed by atoms with van der Waals surface area (Å²) in [5.74, 6) is -2.65. The van der Waals surface area contributed by atoms with Crippen LogP contribution in [0.3, 0.4) is 0 Å². The number of ether oxygens (including phenoxy) is 2. The summed E-state index contributed by atoms with van der Waals surface area (Å²) in [6.45, 7) is 4.80. The number of fused-ring (bicyclic) bond motifs is 1. The second-order valence-corrected chi connectivity index (χ2v) is 11.0. The third-order valence-corrected chi connectivity index (χ3v) is 8.17. The fourth-order valence-electron chi connectivity index (χ4n) is 4.25. The molecule has 3 aromatic rings. The van der Waals surface area contributed by atoms with Crippen LogP contribution in [0.2, 0.25) is 5.02 Å². The standard InChI is InChI=1S/C25H23BrClF3N4O5S/c1-4-38-23(36)16-11(3)19(24(37)39-5-2)40-22(16)32-21(35)18-17(27)20-31-14(12-6-8-13(26)9-7-12)10-15(25(28,29)30)34(20)33-18/h6-9,14-15,31H,4-5,10H2,1-3H3,(H,32,35)/t14-,15+/m0/s1. The minimum atomic E-state index is -4.69. The van der Waals surface area contributed by atoms with Crippen LogP contribution in [0.15, 0.2) is 28.7 Å². The minimum absolute atomic E-state index is 0.0277. The molecule has 2 N–H and O–H groups in total. The highest BCUT2D eigenvalue weighted by Gasteiger charge is 2.48. The number of carbonyl (C=O) groups excluding carboxylic acids is 3. The summed E-state index contributed by atoms with van der Waals surface area (Å²) >= 11 is 10.5. The number of nitrogens with zero attached hydrogens (tertiary/aromatic N) is 2. The minimum Gasteiger partial charge on any atom is -0.462 e. The number of alkyl halides is 3. The van der Waals surface area contributed by atoms with Gasteiger partial charge >= 0.3 is 18.1 Å². The van der Waals surface area contributed by atoms with Gasteiger partial charge in [0.25, 0.3) is 5.91 Å². The van der Waals surface area contributed by atoms with Gasteiger partial charge in [0.15, 0.2) is 11.7 Å². The number of anilines is 2. The lowest BCUT2D eigenvalue weighted by Gasteiger charge is -2.33. The van der Waals surface area contributed by atoms with E-state index in [1.807, 2.05) is 0 Å². The summed E-state index contributed by atoms with van der Waals surface area (Å²) in [7, 11) is 0. The van der Waals surface area contributed by atoms with Crippen molar-refractivity contribution < 1.29 is 37.0 Å². The molecular weight excluding hydrogens is 641 g/mol. The van der Waals surface area contributed by atoms with Crippen LogP contribution in [0.25, 0.3) is 0 Å². The zero-order valence-corrected chi connectivity index (χ0v) is 24.5. The van der Waals surface area contributed by atoms with Gasteiger partial charge < -0.3 is 20.1 Å². The Hall–Kier alpha value is -3.10. The molecule has 1 aliphatic heterocycles. The largest absolute Gasteiger partial charge is 0.462 e. The van der Waals surface area contributed by atoms with Crippen LogP contribution in [0.5, 0.6) is 0 Å². The van der Waals surface area contributed by atoms with Crippen LogP contribution in [0.4, 0.5) is 24.0 Å². The molecule has 40 heavy (non-hydrogen) atoms. The lowest BCUT2D eigenvalue weighted by molar-refractivity contribution is -0.173. The number of halogens is 5. The maximum Gasteiger partial charge on any atom is 0.410 e. The topological polar surface area (TPSA) is 112 Å². The van der Waals surface area contributed by atoms with Crippen molar-refractivity contribution >= 4 is 67.5 Å². The van der Waals surface area contributed by atoms with Crippen molar-refractivity contribution in [1.82, 2.24) is 9.78 Å². The number of carbonyl (C=O) groups is 3. The van der Waals surface area contributed by atoms with Crippen molar-refractivity contribution in [2.45, 2.75) is 45.5 Å². The highest BCUT2D eigenvalue weighted by molar-refractivity contribution is 9.10. The SMILES string of the molecule is CCOC(=O)c1sc(NC(=O)c2nn3c(c2Cl)N[C@H](c2ccc(Br)cc2)C[C@@H]3C(F)(F)F)c(C(=O)OCC)c1C. The highest BCUT2D eigenvalue weighted by atomic mass is 79.9. The first kappa shape index (κ1) is 29.9. The lowest BCUT2D eigenvalue weighted by Crippen LogP contribution is -2.35. The molecule has 1 aliphatic rings. The van der Waals surface area contributed by atoms with Gasteiger partial charge in [-0.3, -0.25) is 4.79 Å². The molecule has 2 atom stereocenters. The molecule has 0 unspecified atom stereocenters. The summed E-state index contributed by atoms with van der Waals surface area (Å²) in [5.41, 5.74) is 0.244. The van der Waals surface area contributed by atoms with E-state index in [2.05, 4.69) is 31.7 Å². The number of hydrogen-bond donors (Lipinski definition) is 2. The number of esters is 2. The van der Waals surface area contributed by atoms with Gasteiger partial charge in [-0.05, 0) is 44.0 Å². The van der Waals surface area contributed by atoms with E-state index >= 15 is 0 Å². The molecule has 2 aromatic heterocycles. The summed E-state index contributed by atoms with van der Waals surface area (Å²) in [4.78, 5) is 38.4. The Morgan fingerprint density at radius 3 is 2.40 bits per heavy atom. The maximum absolute atomic E-state index is 14.1. The van der Waals surface area contributed by atoms with E-state index in [9.17, 15) is 27.6 Å². The van der Waals surface area contributed by atoms with Gasteiger partial charge in [0, 0.05) is 10.9 Å². The molecule has 0 aliphatic carbocycles. The number of benzene rings is 1. The van der Waals surface area contributed by atoms with Crippen LogP contribution >= 0.6 is 38.9 Å². The Kier molecular flexibility index (Phi) is 8.80. The van der Waals surface area contributed by atoms with Crippen LogP contribution in [0.1, 0.15) is 74.0 Å². The summed E-state index contributed by atoms with van der Waals surface area (Å²) in [6.07, 6.45) is -5.08. The van der Waals surface area contributed by atoms with Crippen molar-refractivity contribution in [2.75, 3.05) is 23.8 Å². The molecule has 214 valence electrons. The summed E-state index contributed by atoms with van der Waals surface area (Å²) in [6, 6.07) is 3.95. The predicted octanol–water partition coefficient (Wildman–Crippen LogP) is 6.93. The van der Waals surface area contributed by atoms with Crippen molar-refractivity contribution in [1.29, 1.82) is 0 Å². The van der Waals surface area contributed by atoms with Crippen molar-refractivity contribution in [3.63, 3.8) is 0 Å². The Bertz CT molecular complexity index is 1460. The van der Waals surface area contributed by atoms with E-state index in [1.54, 1.807) is 38.1 Å². The lowest BCUT2D eigenvalue weighted by atomic mass is 9.97. The fraction of sp³-hybridized carbons (Fsp3) is 0.360. The first-order valence-corrected chi connectivity index (χ1v) is 14.0. The van der Waals surface area contributed by atoms with Gasteiger partial charge in [0.2, 0.25) is 0 Å². The van der Waals surface area contributed by atoms with E-state index in [0.29, 0.717) is 10.2 Å². The molecule has 0 bridgehead atoms. The zero-order chi connectivity index (χ0) is 29.4. The molecule has 0 fully saturated rings. The molecule has 9 nitrogen and oxygen atoms in total. The fourth-order valence-corrected chi connectivity index (χ4v) is 5.87. The zero-order valence-electron chi connectivity index (χ0n) is 21.3. The number of nitrogens with one attached hydrogen (secondary N) is 2. The Labute approximate surface area is 244 Å². The Morgan fingerprint density at radius 1 is 1.18 bits per heavy atom.